The van der Waals surface area contributed by atoms with Crippen molar-refractivity contribution in [2.24, 2.45) is 0 Å². The number of carbonyl (C=O) groups excluding carboxylic acids is 2. The van der Waals surface area contributed by atoms with Crippen molar-refractivity contribution in [1.29, 1.82) is 0 Å². The van der Waals surface area contributed by atoms with Gasteiger partial charge in [0.2, 0.25) is 5.91 Å². The highest BCUT2D eigenvalue weighted by molar-refractivity contribution is 6.30. The number of hydrogen-bond acceptors (Lipinski definition) is 3. The minimum absolute atomic E-state index is 0.0467. The summed E-state index contributed by atoms with van der Waals surface area (Å²) in [4.78, 5) is 28.0. The number of carbonyl (C=O) groups is 2. The second-order valence-electron chi connectivity index (χ2n) is 6.25. The maximum absolute atomic E-state index is 12.6. The maximum Gasteiger partial charge on any atom is 0.325 e. The number of urea groups is 1. The van der Waals surface area contributed by atoms with Crippen LogP contribution < -0.4 is 15.0 Å². The number of methoxy groups -OCH3 is 1. The van der Waals surface area contributed by atoms with E-state index in [1.807, 2.05) is 48.5 Å². The lowest BCUT2D eigenvalue weighted by atomic mass is 10.1. The molecule has 1 saturated heterocycles. The molecule has 0 spiro atoms. The van der Waals surface area contributed by atoms with Gasteiger partial charge in [0.25, 0.3) is 0 Å². The zero-order valence-corrected chi connectivity index (χ0v) is 15.9. The van der Waals surface area contributed by atoms with E-state index in [0.29, 0.717) is 36.8 Å². The van der Waals surface area contributed by atoms with Gasteiger partial charge in [-0.15, -0.1) is 0 Å². The van der Waals surface area contributed by atoms with E-state index in [1.54, 1.807) is 16.9 Å². The number of nitrogens with one attached hydrogen (secondary N) is 1. The largest absolute Gasteiger partial charge is 0.495 e. The van der Waals surface area contributed by atoms with Gasteiger partial charge in [0.05, 0.1) is 12.8 Å². The molecule has 0 unspecified atom stereocenters. The van der Waals surface area contributed by atoms with Crippen molar-refractivity contribution in [3.8, 4) is 5.75 Å². The first kappa shape index (κ1) is 19.0. The highest BCUT2D eigenvalue weighted by Crippen LogP contribution is 2.30. The molecule has 7 heteroatoms. The summed E-state index contributed by atoms with van der Waals surface area (Å²) in [6, 6.07) is 14.7. The van der Waals surface area contributed by atoms with Crippen LogP contribution in [-0.2, 0) is 11.2 Å². The third kappa shape index (κ3) is 4.71. The number of halogens is 1. The second kappa shape index (κ2) is 8.77. The molecule has 3 rings (SSSR count). The van der Waals surface area contributed by atoms with Crippen LogP contribution in [-0.4, -0.2) is 50.1 Å². The fourth-order valence-corrected chi connectivity index (χ4v) is 3.16. The molecule has 1 fully saturated rings. The topological polar surface area (TPSA) is 61.9 Å². The molecule has 2 aromatic carbocycles. The monoisotopic (exact) mass is 387 g/mol. The van der Waals surface area contributed by atoms with Crippen molar-refractivity contribution in [3.05, 3.63) is 59.1 Å². The number of rotatable bonds is 7. The minimum Gasteiger partial charge on any atom is -0.495 e. The van der Waals surface area contributed by atoms with Gasteiger partial charge in [0, 0.05) is 24.7 Å². The van der Waals surface area contributed by atoms with E-state index in [4.69, 9.17) is 16.3 Å². The molecule has 142 valence electrons. The standard InChI is InChI=1S/C20H22ClN3O3/c1-27-18-5-3-2-4-17(18)24-13-12-23(20(24)26)14-19(25)22-11-10-15-6-8-16(21)9-7-15/h2-9H,10-14H2,1H3,(H,22,25). The number of ether oxygens (including phenoxy) is 1. The summed E-state index contributed by atoms with van der Waals surface area (Å²) in [5.41, 5.74) is 1.81. The van der Waals surface area contributed by atoms with Crippen LogP contribution in [0.2, 0.25) is 5.02 Å². The highest BCUT2D eigenvalue weighted by Gasteiger charge is 2.32. The zero-order valence-electron chi connectivity index (χ0n) is 15.2. The van der Waals surface area contributed by atoms with Gasteiger partial charge in [-0.1, -0.05) is 35.9 Å². The van der Waals surface area contributed by atoms with Crippen LogP contribution in [0.1, 0.15) is 5.56 Å². The molecule has 2 aromatic rings. The van der Waals surface area contributed by atoms with Gasteiger partial charge in [0.1, 0.15) is 12.3 Å². The predicted molar refractivity (Wildman–Crippen MR) is 105 cm³/mol. The summed E-state index contributed by atoms with van der Waals surface area (Å²) in [6.07, 6.45) is 0.712. The van der Waals surface area contributed by atoms with Crippen LogP contribution in [0.3, 0.4) is 0 Å². The van der Waals surface area contributed by atoms with Gasteiger partial charge < -0.3 is 15.0 Å². The summed E-state index contributed by atoms with van der Waals surface area (Å²) in [6.45, 7) is 1.59. The Bertz CT molecular complexity index is 810. The molecule has 1 aliphatic rings. The Labute approximate surface area is 163 Å². The number of anilines is 1. The summed E-state index contributed by atoms with van der Waals surface area (Å²) >= 11 is 5.86. The zero-order chi connectivity index (χ0) is 19.2. The average Bonchev–Trinajstić information content (AvgIpc) is 3.03. The Balaban J connectivity index is 1.50. The van der Waals surface area contributed by atoms with Crippen LogP contribution in [0.15, 0.2) is 48.5 Å². The van der Waals surface area contributed by atoms with E-state index in [0.717, 1.165) is 11.3 Å². The Hall–Kier alpha value is -2.73. The summed E-state index contributed by atoms with van der Waals surface area (Å²) in [7, 11) is 1.57. The fourth-order valence-electron chi connectivity index (χ4n) is 3.03. The van der Waals surface area contributed by atoms with Crippen molar-refractivity contribution >= 4 is 29.2 Å². The van der Waals surface area contributed by atoms with Crippen molar-refractivity contribution < 1.29 is 14.3 Å². The van der Waals surface area contributed by atoms with Crippen LogP contribution in [0.4, 0.5) is 10.5 Å². The Morgan fingerprint density at radius 2 is 1.89 bits per heavy atom. The first-order chi connectivity index (χ1) is 13.1. The summed E-state index contributed by atoms with van der Waals surface area (Å²) in [5.74, 6) is 0.472. The lowest BCUT2D eigenvalue weighted by Crippen LogP contribution is -2.40. The van der Waals surface area contributed by atoms with E-state index < -0.39 is 0 Å². The molecular weight excluding hydrogens is 366 g/mol. The Morgan fingerprint density at radius 1 is 1.15 bits per heavy atom. The highest BCUT2D eigenvalue weighted by atomic mass is 35.5. The quantitative estimate of drug-likeness (QED) is 0.794. The molecule has 1 N–H and O–H groups in total. The van der Waals surface area contributed by atoms with Crippen LogP contribution in [0.5, 0.6) is 5.75 Å². The number of nitrogens with zero attached hydrogens (tertiary/aromatic N) is 2. The van der Waals surface area contributed by atoms with Gasteiger partial charge in [-0.25, -0.2) is 4.79 Å². The van der Waals surface area contributed by atoms with Crippen LogP contribution >= 0.6 is 11.6 Å². The van der Waals surface area contributed by atoms with Gasteiger partial charge in [0.15, 0.2) is 0 Å². The Kier molecular flexibility index (Phi) is 6.19. The van der Waals surface area contributed by atoms with E-state index >= 15 is 0 Å². The molecule has 0 aliphatic carbocycles. The third-order valence-electron chi connectivity index (χ3n) is 4.45. The normalized spacial score (nSPS) is 13.8. The maximum atomic E-state index is 12.6. The van der Waals surface area contributed by atoms with E-state index in [2.05, 4.69) is 5.32 Å². The minimum atomic E-state index is -0.188. The smallest absolute Gasteiger partial charge is 0.325 e. The van der Waals surface area contributed by atoms with Gasteiger partial charge in [-0.05, 0) is 36.2 Å². The first-order valence-electron chi connectivity index (χ1n) is 8.79. The molecule has 1 heterocycles. The van der Waals surface area contributed by atoms with Crippen LogP contribution in [0, 0.1) is 0 Å². The molecule has 0 saturated carbocycles. The molecule has 27 heavy (non-hydrogen) atoms. The van der Waals surface area contributed by atoms with Gasteiger partial charge in [-0.2, -0.15) is 0 Å². The molecule has 6 nitrogen and oxygen atoms in total. The van der Waals surface area contributed by atoms with Crippen molar-refractivity contribution in [3.63, 3.8) is 0 Å². The SMILES string of the molecule is COc1ccccc1N1CCN(CC(=O)NCCc2ccc(Cl)cc2)C1=O. The number of para-hydroxylation sites is 2. The number of amides is 3. The molecule has 0 bridgehead atoms. The van der Waals surface area contributed by atoms with Crippen molar-refractivity contribution in [2.45, 2.75) is 6.42 Å². The fraction of sp³-hybridized carbons (Fsp3) is 0.300. The molecule has 0 aromatic heterocycles. The second-order valence-corrected chi connectivity index (χ2v) is 6.69. The lowest BCUT2D eigenvalue weighted by molar-refractivity contribution is -0.121. The third-order valence-corrected chi connectivity index (χ3v) is 4.71. The molecule has 0 atom stereocenters. The van der Waals surface area contributed by atoms with Gasteiger partial charge in [-0.3, -0.25) is 9.69 Å². The summed E-state index contributed by atoms with van der Waals surface area (Å²) < 4.78 is 5.32. The molecular formula is C20H22ClN3O3. The molecule has 3 amide bonds. The first-order valence-corrected chi connectivity index (χ1v) is 9.17. The van der Waals surface area contributed by atoms with E-state index in [-0.39, 0.29) is 18.5 Å². The number of hydrogen-bond donors (Lipinski definition) is 1. The lowest BCUT2D eigenvalue weighted by Gasteiger charge is -2.20. The van der Waals surface area contributed by atoms with E-state index in [1.165, 1.54) is 0 Å². The van der Waals surface area contributed by atoms with Crippen molar-refractivity contribution in [2.75, 3.05) is 38.2 Å². The van der Waals surface area contributed by atoms with Gasteiger partial charge >= 0.3 is 6.03 Å². The molecule has 1 aliphatic heterocycles. The van der Waals surface area contributed by atoms with Crippen molar-refractivity contribution in [1.82, 2.24) is 10.2 Å². The summed E-state index contributed by atoms with van der Waals surface area (Å²) in [5, 5.41) is 3.55. The predicted octanol–water partition coefficient (Wildman–Crippen LogP) is 2.95. The molecule has 0 radical (unpaired) electrons. The Morgan fingerprint density at radius 3 is 2.63 bits per heavy atom. The number of benzene rings is 2. The van der Waals surface area contributed by atoms with E-state index in [9.17, 15) is 9.59 Å². The average molecular weight is 388 g/mol. The van der Waals surface area contributed by atoms with Crippen LogP contribution in [0.25, 0.3) is 0 Å².